The summed E-state index contributed by atoms with van der Waals surface area (Å²) in [6.45, 7) is 0.653. The molecular weight excluding hydrogens is 221 g/mol. The first-order valence-corrected chi connectivity index (χ1v) is 4.86. The zero-order valence-corrected chi connectivity index (χ0v) is 8.14. The molecule has 2 N–H and O–H groups in total. The van der Waals surface area contributed by atoms with Crippen LogP contribution < -0.4 is 10.9 Å². The molecule has 1 aromatic carbocycles. The van der Waals surface area contributed by atoms with Gasteiger partial charge in [-0.3, -0.25) is 0 Å². The number of benzene rings is 1. The Hall–Kier alpha value is -1.11. The predicted molar refractivity (Wildman–Crippen MR) is 49.1 cm³/mol. The molecule has 6 heteroatoms. The highest BCUT2D eigenvalue weighted by atomic mass is 19.4. The van der Waals surface area contributed by atoms with Crippen molar-refractivity contribution >= 4 is 0 Å². The number of hydrogen-bond donors (Lipinski definition) is 2. The molecule has 0 aromatic heterocycles. The van der Waals surface area contributed by atoms with E-state index in [0.29, 0.717) is 6.61 Å². The minimum Gasteiger partial charge on any atom is -0.368 e. The highest BCUT2D eigenvalue weighted by Gasteiger charge is 2.65. The Morgan fingerprint density at radius 2 is 1.75 bits per heavy atom. The second-order valence-corrected chi connectivity index (χ2v) is 3.94. The van der Waals surface area contributed by atoms with E-state index in [1.54, 1.807) is 12.1 Å². The van der Waals surface area contributed by atoms with Gasteiger partial charge in [0.05, 0.1) is 6.61 Å². The van der Waals surface area contributed by atoms with Crippen molar-refractivity contribution in [2.45, 2.75) is 17.9 Å². The average Bonchev–Trinajstić information content (AvgIpc) is 3.10. The van der Waals surface area contributed by atoms with Crippen LogP contribution in [0.15, 0.2) is 24.3 Å². The first-order valence-electron chi connectivity index (χ1n) is 4.86. The molecule has 16 heavy (non-hydrogen) atoms. The van der Waals surface area contributed by atoms with Crippen LogP contribution in [-0.2, 0) is 10.4 Å². The molecule has 1 atom stereocenters. The quantitative estimate of drug-likeness (QED) is 0.758. The number of hydrazine groups is 1. The van der Waals surface area contributed by atoms with Crippen molar-refractivity contribution in [3.05, 3.63) is 35.4 Å². The van der Waals surface area contributed by atoms with Gasteiger partial charge in [0, 0.05) is 0 Å². The fourth-order valence-corrected chi connectivity index (χ4v) is 1.70. The number of epoxide rings is 1. The van der Waals surface area contributed by atoms with Crippen molar-refractivity contribution in [2.75, 3.05) is 6.61 Å². The predicted octanol–water partition coefficient (Wildman–Crippen LogP) is 1.58. The van der Waals surface area contributed by atoms with Gasteiger partial charge in [-0.2, -0.15) is 13.2 Å². The van der Waals surface area contributed by atoms with Crippen molar-refractivity contribution in [2.24, 2.45) is 0 Å². The maximum Gasteiger partial charge on any atom is 0.426 e. The monoisotopic (exact) mass is 230 g/mol. The van der Waals surface area contributed by atoms with Crippen LogP contribution in [0.5, 0.6) is 0 Å². The second kappa shape index (κ2) is 2.97. The average molecular weight is 230 g/mol. The zero-order chi connectivity index (χ0) is 11.4. The zero-order valence-electron chi connectivity index (χ0n) is 8.14. The van der Waals surface area contributed by atoms with E-state index in [9.17, 15) is 13.2 Å². The number of ether oxygens (including phenoxy) is 1. The van der Waals surface area contributed by atoms with Gasteiger partial charge in [-0.15, -0.1) is 0 Å². The summed E-state index contributed by atoms with van der Waals surface area (Å²) < 4.78 is 43.2. The molecule has 0 amide bonds. The van der Waals surface area contributed by atoms with E-state index in [0.717, 1.165) is 5.56 Å². The summed E-state index contributed by atoms with van der Waals surface area (Å²) >= 11 is 0. The smallest absolute Gasteiger partial charge is 0.368 e. The highest BCUT2D eigenvalue weighted by Crippen LogP contribution is 2.42. The van der Waals surface area contributed by atoms with Gasteiger partial charge in [0.1, 0.15) is 6.10 Å². The number of halogens is 3. The SMILES string of the molecule is FC(F)(F)C1(c2ccc(C3CO3)cc2)NN1. The molecule has 0 radical (unpaired) electrons. The molecule has 2 saturated heterocycles. The molecule has 1 aromatic rings. The van der Waals surface area contributed by atoms with Gasteiger partial charge in [-0.25, -0.2) is 10.9 Å². The lowest BCUT2D eigenvalue weighted by atomic mass is 10.0. The minimum absolute atomic E-state index is 0.0657. The number of hydrogen-bond acceptors (Lipinski definition) is 3. The van der Waals surface area contributed by atoms with Crippen molar-refractivity contribution < 1.29 is 17.9 Å². The van der Waals surface area contributed by atoms with Crippen molar-refractivity contribution in [1.82, 2.24) is 10.9 Å². The molecule has 0 saturated carbocycles. The number of rotatable bonds is 2. The van der Waals surface area contributed by atoms with E-state index < -0.39 is 11.8 Å². The molecule has 2 aliphatic heterocycles. The summed E-state index contributed by atoms with van der Waals surface area (Å²) in [7, 11) is 0. The standard InChI is InChI=1S/C10H9F3N2O/c11-10(12,13)9(14-15-9)7-3-1-6(2-4-7)8-5-16-8/h1-4,8,14-15H,5H2. The molecule has 0 spiro atoms. The van der Waals surface area contributed by atoms with Crippen molar-refractivity contribution in [3.8, 4) is 0 Å². The first-order chi connectivity index (χ1) is 7.53. The van der Waals surface area contributed by atoms with Crippen LogP contribution in [0, 0.1) is 0 Å². The highest BCUT2D eigenvalue weighted by molar-refractivity contribution is 5.34. The summed E-state index contributed by atoms with van der Waals surface area (Å²) in [6, 6.07) is 6.28. The van der Waals surface area contributed by atoms with E-state index in [-0.39, 0.29) is 11.7 Å². The topological polar surface area (TPSA) is 56.4 Å². The van der Waals surface area contributed by atoms with E-state index >= 15 is 0 Å². The van der Waals surface area contributed by atoms with Crippen LogP contribution in [0.3, 0.4) is 0 Å². The first kappa shape index (κ1) is 10.1. The summed E-state index contributed by atoms with van der Waals surface area (Å²) in [5, 5.41) is 0. The van der Waals surface area contributed by atoms with Gasteiger partial charge in [0.25, 0.3) is 0 Å². The van der Waals surface area contributed by atoms with Crippen molar-refractivity contribution in [3.63, 3.8) is 0 Å². The molecule has 1 unspecified atom stereocenters. The van der Waals surface area contributed by atoms with Crippen LogP contribution in [0.1, 0.15) is 17.2 Å². The largest absolute Gasteiger partial charge is 0.426 e. The maximum atomic E-state index is 12.7. The van der Waals surface area contributed by atoms with Crippen LogP contribution >= 0.6 is 0 Å². The summed E-state index contributed by atoms with van der Waals surface area (Å²) in [5.41, 5.74) is 3.35. The molecule has 2 fully saturated rings. The Kier molecular flexibility index (Phi) is 1.87. The van der Waals surface area contributed by atoms with Gasteiger partial charge in [-0.1, -0.05) is 24.3 Å². The second-order valence-electron chi connectivity index (χ2n) is 3.94. The lowest BCUT2D eigenvalue weighted by Gasteiger charge is -2.16. The number of nitrogens with one attached hydrogen (secondary N) is 2. The fraction of sp³-hybridized carbons (Fsp3) is 0.400. The lowest BCUT2D eigenvalue weighted by Crippen LogP contribution is -2.34. The summed E-state index contributed by atoms with van der Waals surface area (Å²) in [5.74, 6) is 0. The van der Waals surface area contributed by atoms with Crippen LogP contribution in [0.2, 0.25) is 0 Å². The van der Waals surface area contributed by atoms with Gasteiger partial charge in [0.15, 0.2) is 0 Å². The fourth-order valence-electron chi connectivity index (χ4n) is 1.70. The molecule has 0 aliphatic carbocycles. The Morgan fingerprint density at radius 3 is 2.12 bits per heavy atom. The Morgan fingerprint density at radius 1 is 1.19 bits per heavy atom. The Balaban J connectivity index is 1.89. The van der Waals surface area contributed by atoms with Crippen LogP contribution in [0.25, 0.3) is 0 Å². The van der Waals surface area contributed by atoms with Gasteiger partial charge < -0.3 is 4.74 Å². The van der Waals surface area contributed by atoms with Crippen LogP contribution in [0.4, 0.5) is 13.2 Å². The molecule has 3 nitrogen and oxygen atoms in total. The van der Waals surface area contributed by atoms with Gasteiger partial charge in [-0.05, 0) is 11.1 Å². The Bertz CT molecular complexity index is 407. The maximum absolute atomic E-state index is 12.7. The third-order valence-electron chi connectivity index (χ3n) is 2.85. The summed E-state index contributed by atoms with van der Waals surface area (Å²) in [4.78, 5) is 0. The van der Waals surface area contributed by atoms with E-state index in [1.807, 2.05) is 0 Å². The molecule has 86 valence electrons. The molecule has 2 heterocycles. The Labute approximate surface area is 89.6 Å². The third-order valence-corrected chi connectivity index (χ3v) is 2.85. The molecule has 2 aliphatic rings. The van der Waals surface area contributed by atoms with E-state index in [4.69, 9.17) is 4.74 Å². The number of alkyl halides is 3. The third kappa shape index (κ3) is 1.41. The molecular formula is C10H9F3N2O. The summed E-state index contributed by atoms with van der Waals surface area (Å²) in [6.07, 6.45) is -4.28. The van der Waals surface area contributed by atoms with Crippen molar-refractivity contribution in [1.29, 1.82) is 0 Å². The van der Waals surface area contributed by atoms with E-state index in [1.165, 1.54) is 12.1 Å². The van der Waals surface area contributed by atoms with Crippen LogP contribution in [-0.4, -0.2) is 12.8 Å². The molecule has 3 rings (SSSR count). The minimum atomic E-state index is -4.34. The van der Waals surface area contributed by atoms with Gasteiger partial charge >= 0.3 is 6.18 Å². The lowest BCUT2D eigenvalue weighted by molar-refractivity contribution is -0.165. The van der Waals surface area contributed by atoms with E-state index in [2.05, 4.69) is 10.9 Å². The van der Waals surface area contributed by atoms with Gasteiger partial charge in [0.2, 0.25) is 5.66 Å². The normalized spacial score (nSPS) is 26.6. The molecule has 0 bridgehead atoms.